The van der Waals surface area contributed by atoms with Gasteiger partial charge in [0, 0.05) is 25.3 Å². The first kappa shape index (κ1) is 22.3. The van der Waals surface area contributed by atoms with E-state index in [4.69, 9.17) is 0 Å². The number of rotatable bonds is 4. The van der Waals surface area contributed by atoms with Gasteiger partial charge in [-0.2, -0.15) is 13.2 Å². The van der Waals surface area contributed by atoms with Crippen LogP contribution < -0.4 is 10.2 Å². The molecule has 0 unspecified atom stereocenters. The van der Waals surface area contributed by atoms with Gasteiger partial charge in [-0.05, 0) is 57.9 Å². The summed E-state index contributed by atoms with van der Waals surface area (Å²) >= 11 is 0. The van der Waals surface area contributed by atoms with E-state index in [2.05, 4.69) is 15.3 Å². The van der Waals surface area contributed by atoms with E-state index in [-0.39, 0.29) is 11.1 Å². The number of hydrogen-bond acceptors (Lipinski definition) is 6. The summed E-state index contributed by atoms with van der Waals surface area (Å²) < 4.78 is 62.0. The number of anilines is 2. The first-order chi connectivity index (χ1) is 13.9. The van der Waals surface area contributed by atoms with Crippen LogP contribution in [0.2, 0.25) is 0 Å². The third-order valence-corrected chi connectivity index (χ3v) is 7.49. The molecule has 164 valence electrons. The van der Waals surface area contributed by atoms with Crippen LogP contribution in [0.3, 0.4) is 0 Å². The lowest BCUT2D eigenvalue weighted by Crippen LogP contribution is -2.39. The Morgan fingerprint density at radius 3 is 2.13 bits per heavy atom. The number of halogens is 3. The Bertz CT molecular complexity index is 961. The van der Waals surface area contributed by atoms with Crippen molar-refractivity contribution in [3.05, 3.63) is 42.2 Å². The van der Waals surface area contributed by atoms with E-state index in [1.165, 1.54) is 18.3 Å². The zero-order valence-electron chi connectivity index (χ0n) is 17.1. The fraction of sp³-hybridized carbons (Fsp3) is 0.500. The molecule has 2 aromatic rings. The average molecular weight is 443 g/mol. The molecule has 0 bridgehead atoms. The van der Waals surface area contributed by atoms with Gasteiger partial charge in [0.05, 0.1) is 22.2 Å². The largest absolute Gasteiger partial charge is 0.417 e. The van der Waals surface area contributed by atoms with E-state index < -0.39 is 26.3 Å². The molecular formula is C20H25F3N4O2S. The summed E-state index contributed by atoms with van der Waals surface area (Å²) in [6.07, 6.45) is -0.478. The Morgan fingerprint density at radius 2 is 1.67 bits per heavy atom. The SMILES string of the molecule is CC(C)(C)S(=O)(=O)c1ccc(NC2CCN(c3ccc(C(F)(F)F)cn3)CC2)cn1. The smallest absolute Gasteiger partial charge is 0.381 e. The van der Waals surface area contributed by atoms with Crippen molar-refractivity contribution in [2.45, 2.75) is 55.6 Å². The highest BCUT2D eigenvalue weighted by Gasteiger charge is 2.32. The number of nitrogens with one attached hydrogen (secondary N) is 1. The maximum absolute atomic E-state index is 12.7. The second-order valence-corrected chi connectivity index (χ2v) is 11.0. The highest BCUT2D eigenvalue weighted by molar-refractivity contribution is 7.92. The standard InChI is InChI=1S/C20H25F3N4O2S/c1-19(2,3)30(28,29)18-7-5-16(13-25-18)26-15-8-10-27(11-9-15)17-6-4-14(12-24-17)20(21,22)23/h4-7,12-13,15,26H,8-11H2,1-3H3. The van der Waals surface area contributed by atoms with Gasteiger partial charge in [0.2, 0.25) is 0 Å². The molecule has 1 aliphatic heterocycles. The summed E-state index contributed by atoms with van der Waals surface area (Å²) in [6, 6.07) is 5.81. The first-order valence-electron chi connectivity index (χ1n) is 9.63. The Labute approximate surface area is 174 Å². The normalized spacial score (nSPS) is 16.5. The van der Waals surface area contributed by atoms with Crippen LogP contribution in [0.4, 0.5) is 24.7 Å². The molecule has 0 saturated carbocycles. The van der Waals surface area contributed by atoms with Gasteiger partial charge in [-0.25, -0.2) is 18.4 Å². The molecule has 0 aliphatic carbocycles. The minimum absolute atomic E-state index is 0.0451. The summed E-state index contributed by atoms with van der Waals surface area (Å²) in [4.78, 5) is 10.0. The fourth-order valence-electron chi connectivity index (χ4n) is 3.17. The van der Waals surface area contributed by atoms with Gasteiger partial charge in [0.25, 0.3) is 0 Å². The van der Waals surface area contributed by atoms with Crippen LogP contribution >= 0.6 is 0 Å². The van der Waals surface area contributed by atoms with Gasteiger partial charge in [-0.1, -0.05) is 0 Å². The molecule has 1 N–H and O–H groups in total. The molecule has 0 atom stereocenters. The third-order valence-electron chi connectivity index (χ3n) is 5.08. The van der Waals surface area contributed by atoms with Crippen molar-refractivity contribution < 1.29 is 21.6 Å². The molecular weight excluding hydrogens is 417 g/mol. The Morgan fingerprint density at radius 1 is 1.00 bits per heavy atom. The number of alkyl halides is 3. The highest BCUT2D eigenvalue weighted by atomic mass is 32.2. The van der Waals surface area contributed by atoms with Crippen LogP contribution in [0.25, 0.3) is 0 Å². The maximum atomic E-state index is 12.7. The number of sulfone groups is 1. The van der Waals surface area contributed by atoms with Crippen LogP contribution in [-0.4, -0.2) is 42.3 Å². The van der Waals surface area contributed by atoms with E-state index in [1.54, 1.807) is 26.8 Å². The Hall–Kier alpha value is -2.36. The third kappa shape index (κ3) is 4.85. The topological polar surface area (TPSA) is 75.2 Å². The van der Waals surface area contributed by atoms with Gasteiger partial charge in [0.1, 0.15) is 5.82 Å². The molecule has 1 saturated heterocycles. The molecule has 3 heterocycles. The Balaban J connectivity index is 1.57. The van der Waals surface area contributed by atoms with E-state index >= 15 is 0 Å². The number of pyridine rings is 2. The van der Waals surface area contributed by atoms with Crippen molar-refractivity contribution in [2.75, 3.05) is 23.3 Å². The number of nitrogens with zero attached hydrogens (tertiary/aromatic N) is 3. The van der Waals surface area contributed by atoms with Gasteiger partial charge >= 0.3 is 6.18 Å². The van der Waals surface area contributed by atoms with Gasteiger partial charge in [0.15, 0.2) is 14.9 Å². The molecule has 0 radical (unpaired) electrons. The quantitative estimate of drug-likeness (QED) is 0.767. The minimum Gasteiger partial charge on any atom is -0.381 e. The van der Waals surface area contributed by atoms with Crippen LogP contribution in [0.15, 0.2) is 41.7 Å². The molecule has 30 heavy (non-hydrogen) atoms. The molecule has 0 amide bonds. The van der Waals surface area contributed by atoms with Crippen molar-refractivity contribution in [1.29, 1.82) is 0 Å². The van der Waals surface area contributed by atoms with E-state index in [0.29, 0.717) is 18.9 Å². The predicted octanol–water partition coefficient (Wildman–Crippen LogP) is 4.15. The summed E-state index contributed by atoms with van der Waals surface area (Å²) in [5.74, 6) is 0.528. The van der Waals surface area contributed by atoms with Crippen molar-refractivity contribution in [1.82, 2.24) is 9.97 Å². The van der Waals surface area contributed by atoms with Gasteiger partial charge in [-0.15, -0.1) is 0 Å². The monoisotopic (exact) mass is 442 g/mol. The summed E-state index contributed by atoms with van der Waals surface area (Å²) in [6.45, 7) is 6.21. The second kappa shape index (κ2) is 8.05. The molecule has 2 aromatic heterocycles. The van der Waals surface area contributed by atoms with Crippen LogP contribution in [-0.2, 0) is 16.0 Å². The van der Waals surface area contributed by atoms with Crippen LogP contribution in [0.1, 0.15) is 39.2 Å². The van der Waals surface area contributed by atoms with Crippen LogP contribution in [0.5, 0.6) is 0 Å². The van der Waals surface area contributed by atoms with E-state index in [0.717, 1.165) is 30.8 Å². The average Bonchev–Trinajstić information content (AvgIpc) is 2.68. The van der Waals surface area contributed by atoms with E-state index in [9.17, 15) is 21.6 Å². The van der Waals surface area contributed by atoms with Crippen molar-refractivity contribution >= 4 is 21.3 Å². The number of hydrogen-bond donors (Lipinski definition) is 1. The molecule has 0 spiro atoms. The van der Waals surface area contributed by atoms with Crippen molar-refractivity contribution in [3.63, 3.8) is 0 Å². The van der Waals surface area contributed by atoms with E-state index in [1.807, 2.05) is 4.90 Å². The predicted molar refractivity (Wildman–Crippen MR) is 109 cm³/mol. The molecule has 0 aromatic carbocycles. The lowest BCUT2D eigenvalue weighted by Gasteiger charge is -2.33. The second-order valence-electron chi connectivity index (χ2n) is 8.31. The maximum Gasteiger partial charge on any atom is 0.417 e. The minimum atomic E-state index is -4.39. The van der Waals surface area contributed by atoms with Crippen LogP contribution in [0, 0.1) is 0 Å². The molecule has 3 rings (SSSR count). The first-order valence-corrected chi connectivity index (χ1v) is 11.1. The van der Waals surface area contributed by atoms with Gasteiger partial charge < -0.3 is 10.2 Å². The number of piperidine rings is 1. The Kier molecular flexibility index (Phi) is 5.99. The summed E-state index contributed by atoms with van der Waals surface area (Å²) in [5.41, 5.74) is -0.0267. The zero-order valence-corrected chi connectivity index (χ0v) is 17.9. The lowest BCUT2D eigenvalue weighted by atomic mass is 10.0. The van der Waals surface area contributed by atoms with Gasteiger partial charge in [-0.3, -0.25) is 0 Å². The lowest BCUT2D eigenvalue weighted by molar-refractivity contribution is -0.137. The number of aromatic nitrogens is 2. The van der Waals surface area contributed by atoms with Crippen molar-refractivity contribution in [3.8, 4) is 0 Å². The van der Waals surface area contributed by atoms with Crippen molar-refractivity contribution in [2.24, 2.45) is 0 Å². The highest BCUT2D eigenvalue weighted by Crippen LogP contribution is 2.30. The fourth-order valence-corrected chi connectivity index (χ4v) is 4.23. The summed E-state index contributed by atoms with van der Waals surface area (Å²) in [7, 11) is -3.50. The molecule has 1 fully saturated rings. The molecule has 10 heteroatoms. The molecule has 1 aliphatic rings. The zero-order chi connectivity index (χ0) is 22.2. The molecule has 6 nitrogen and oxygen atoms in total. The summed E-state index contributed by atoms with van der Waals surface area (Å²) in [5, 5.41) is 3.39.